The number of hydrogen-bond acceptors (Lipinski definition) is 4. The van der Waals surface area contributed by atoms with Crippen LogP contribution < -0.4 is 5.32 Å². The summed E-state index contributed by atoms with van der Waals surface area (Å²) in [4.78, 5) is 8.53. The van der Waals surface area contributed by atoms with Gasteiger partial charge in [0.05, 0.1) is 11.2 Å². The molecule has 86 valence electrons. The summed E-state index contributed by atoms with van der Waals surface area (Å²) in [6.45, 7) is 5.16. The van der Waals surface area contributed by atoms with Crippen LogP contribution in [0.4, 0.5) is 5.95 Å². The van der Waals surface area contributed by atoms with E-state index in [0.29, 0.717) is 6.04 Å². The second kappa shape index (κ2) is 5.12. The van der Waals surface area contributed by atoms with Gasteiger partial charge in [-0.15, -0.1) is 11.3 Å². The number of nitrogens with one attached hydrogen (secondary N) is 1. The van der Waals surface area contributed by atoms with E-state index in [1.165, 1.54) is 0 Å². The number of anilines is 1. The highest BCUT2D eigenvalue weighted by Crippen LogP contribution is 2.12. The Morgan fingerprint density at radius 1 is 1.44 bits per heavy atom. The van der Waals surface area contributed by atoms with Gasteiger partial charge in [-0.3, -0.25) is 0 Å². The minimum absolute atomic E-state index is 0.435. The third kappa shape index (κ3) is 2.61. The van der Waals surface area contributed by atoms with Crippen LogP contribution in [0.1, 0.15) is 25.6 Å². The van der Waals surface area contributed by atoms with Crippen molar-refractivity contribution in [2.24, 2.45) is 0 Å². The van der Waals surface area contributed by atoms with Crippen molar-refractivity contribution in [2.75, 3.05) is 11.9 Å². The number of nitrogens with zero attached hydrogens (tertiary/aromatic N) is 3. The van der Waals surface area contributed by atoms with E-state index >= 15 is 0 Å². The Kier molecular flexibility index (Phi) is 3.56. The van der Waals surface area contributed by atoms with Crippen molar-refractivity contribution in [3.8, 4) is 0 Å². The van der Waals surface area contributed by atoms with E-state index in [1.54, 1.807) is 11.3 Å². The van der Waals surface area contributed by atoms with Crippen molar-refractivity contribution < 1.29 is 0 Å². The van der Waals surface area contributed by atoms with E-state index in [2.05, 4.69) is 39.1 Å². The molecule has 1 N–H and O–H groups in total. The number of aromatic nitrogens is 3. The average molecular weight is 236 g/mol. The fourth-order valence-corrected chi connectivity index (χ4v) is 2.12. The quantitative estimate of drug-likeness (QED) is 0.867. The summed E-state index contributed by atoms with van der Waals surface area (Å²) < 4.78 is 2.13. The maximum absolute atomic E-state index is 4.29. The summed E-state index contributed by atoms with van der Waals surface area (Å²) in [7, 11) is 0. The van der Waals surface area contributed by atoms with Gasteiger partial charge >= 0.3 is 0 Å². The van der Waals surface area contributed by atoms with E-state index in [4.69, 9.17) is 0 Å². The summed E-state index contributed by atoms with van der Waals surface area (Å²) in [5.41, 5.74) is 3.00. The number of hydrogen-bond donors (Lipinski definition) is 1. The van der Waals surface area contributed by atoms with Crippen LogP contribution in [0.25, 0.3) is 0 Å². The largest absolute Gasteiger partial charge is 0.355 e. The molecule has 0 aliphatic carbocycles. The zero-order chi connectivity index (χ0) is 11.4. The third-order valence-electron chi connectivity index (χ3n) is 2.37. The van der Waals surface area contributed by atoms with Crippen LogP contribution in [-0.2, 0) is 6.42 Å². The molecule has 0 unspecified atom stereocenters. The molecule has 0 aromatic carbocycles. The minimum atomic E-state index is 0.435. The maximum atomic E-state index is 4.29. The molecule has 0 fully saturated rings. The van der Waals surface area contributed by atoms with Crippen molar-refractivity contribution >= 4 is 17.3 Å². The SMILES string of the molecule is CC(C)n1ccnc1NCCc1cscn1. The number of imidazole rings is 1. The predicted molar refractivity (Wildman–Crippen MR) is 66.9 cm³/mol. The van der Waals surface area contributed by atoms with Gasteiger partial charge in [-0.05, 0) is 13.8 Å². The molecule has 0 atom stereocenters. The molecular weight excluding hydrogens is 220 g/mol. The van der Waals surface area contributed by atoms with Crippen LogP contribution in [0.3, 0.4) is 0 Å². The Hall–Kier alpha value is -1.36. The fraction of sp³-hybridized carbons (Fsp3) is 0.455. The highest BCUT2D eigenvalue weighted by molar-refractivity contribution is 7.07. The zero-order valence-corrected chi connectivity index (χ0v) is 10.4. The van der Waals surface area contributed by atoms with Crippen LogP contribution >= 0.6 is 11.3 Å². The predicted octanol–water partition coefficient (Wildman–Crippen LogP) is 2.58. The molecule has 16 heavy (non-hydrogen) atoms. The van der Waals surface area contributed by atoms with Crippen LogP contribution in [0.2, 0.25) is 0 Å². The van der Waals surface area contributed by atoms with Gasteiger partial charge in [0.25, 0.3) is 0 Å². The van der Waals surface area contributed by atoms with Gasteiger partial charge in [-0.25, -0.2) is 9.97 Å². The normalized spacial score (nSPS) is 10.9. The van der Waals surface area contributed by atoms with Gasteiger partial charge in [-0.1, -0.05) is 0 Å². The van der Waals surface area contributed by atoms with Crippen LogP contribution in [0, 0.1) is 0 Å². The Labute approximate surface area is 99.4 Å². The summed E-state index contributed by atoms with van der Waals surface area (Å²) in [6.07, 6.45) is 4.76. The Morgan fingerprint density at radius 2 is 2.31 bits per heavy atom. The first-order valence-electron chi connectivity index (χ1n) is 5.41. The Morgan fingerprint density at radius 3 is 3.00 bits per heavy atom. The lowest BCUT2D eigenvalue weighted by atomic mass is 10.3. The van der Waals surface area contributed by atoms with Crippen molar-refractivity contribution in [1.29, 1.82) is 0 Å². The van der Waals surface area contributed by atoms with E-state index in [1.807, 2.05) is 17.9 Å². The summed E-state index contributed by atoms with van der Waals surface area (Å²) in [6, 6.07) is 0.435. The molecule has 2 heterocycles. The van der Waals surface area contributed by atoms with E-state index in [0.717, 1.165) is 24.6 Å². The van der Waals surface area contributed by atoms with Crippen molar-refractivity contribution in [3.05, 3.63) is 29.0 Å². The lowest BCUT2D eigenvalue weighted by Gasteiger charge is -2.12. The maximum Gasteiger partial charge on any atom is 0.203 e. The topological polar surface area (TPSA) is 42.7 Å². The second-order valence-electron chi connectivity index (χ2n) is 3.91. The van der Waals surface area contributed by atoms with Gasteiger partial charge < -0.3 is 9.88 Å². The van der Waals surface area contributed by atoms with Gasteiger partial charge in [0, 0.05) is 36.8 Å². The first-order valence-corrected chi connectivity index (χ1v) is 6.35. The van der Waals surface area contributed by atoms with Gasteiger partial charge in [0.1, 0.15) is 0 Å². The summed E-state index contributed by atoms with van der Waals surface area (Å²) in [5, 5.41) is 5.41. The molecule has 0 amide bonds. The standard InChI is InChI=1S/C11H16N4S/c1-9(2)15-6-5-13-11(15)12-4-3-10-7-16-8-14-10/h5-9H,3-4H2,1-2H3,(H,12,13). The van der Waals surface area contributed by atoms with E-state index in [-0.39, 0.29) is 0 Å². The molecule has 0 saturated carbocycles. The smallest absolute Gasteiger partial charge is 0.203 e. The van der Waals surface area contributed by atoms with Crippen molar-refractivity contribution in [1.82, 2.24) is 14.5 Å². The molecule has 0 aliphatic heterocycles. The monoisotopic (exact) mass is 236 g/mol. The molecular formula is C11H16N4S. The molecule has 0 radical (unpaired) electrons. The lowest BCUT2D eigenvalue weighted by Crippen LogP contribution is -2.11. The van der Waals surface area contributed by atoms with Gasteiger partial charge in [0.2, 0.25) is 5.95 Å². The average Bonchev–Trinajstić information content (AvgIpc) is 2.87. The second-order valence-corrected chi connectivity index (χ2v) is 4.63. The first kappa shape index (κ1) is 11.1. The Balaban J connectivity index is 1.87. The highest BCUT2D eigenvalue weighted by atomic mass is 32.1. The molecule has 2 aromatic rings. The van der Waals surface area contributed by atoms with Gasteiger partial charge in [-0.2, -0.15) is 0 Å². The first-order chi connectivity index (χ1) is 7.77. The Bertz CT molecular complexity index is 419. The molecule has 4 nitrogen and oxygen atoms in total. The van der Waals surface area contributed by atoms with Crippen LogP contribution in [-0.4, -0.2) is 21.1 Å². The fourth-order valence-electron chi connectivity index (χ4n) is 1.53. The summed E-state index contributed by atoms with van der Waals surface area (Å²) in [5.74, 6) is 0.935. The number of rotatable bonds is 5. The zero-order valence-electron chi connectivity index (χ0n) is 9.55. The van der Waals surface area contributed by atoms with E-state index in [9.17, 15) is 0 Å². The van der Waals surface area contributed by atoms with Crippen LogP contribution in [0.15, 0.2) is 23.3 Å². The molecule has 0 bridgehead atoms. The van der Waals surface area contributed by atoms with Gasteiger partial charge in [0.15, 0.2) is 0 Å². The molecule has 5 heteroatoms. The lowest BCUT2D eigenvalue weighted by molar-refractivity contribution is 0.604. The molecule has 0 aliphatic rings. The molecule has 2 rings (SSSR count). The minimum Gasteiger partial charge on any atom is -0.355 e. The van der Waals surface area contributed by atoms with E-state index < -0.39 is 0 Å². The molecule has 0 saturated heterocycles. The van der Waals surface area contributed by atoms with Crippen molar-refractivity contribution in [3.63, 3.8) is 0 Å². The highest BCUT2D eigenvalue weighted by Gasteiger charge is 2.04. The summed E-state index contributed by atoms with van der Waals surface area (Å²) >= 11 is 1.64. The van der Waals surface area contributed by atoms with Crippen molar-refractivity contribution in [2.45, 2.75) is 26.3 Å². The van der Waals surface area contributed by atoms with Crippen LogP contribution in [0.5, 0.6) is 0 Å². The number of thiazole rings is 1. The molecule has 2 aromatic heterocycles. The molecule has 0 spiro atoms. The third-order valence-corrected chi connectivity index (χ3v) is 3.01.